The first-order chi connectivity index (χ1) is 19.3. The molecule has 2 aromatic heterocycles. The molecule has 0 unspecified atom stereocenters. The Morgan fingerprint density at radius 1 is 0.641 bits per heavy atom. The average Bonchev–Trinajstić information content (AvgIpc) is 3.74. The van der Waals surface area contributed by atoms with E-state index in [9.17, 15) is 0 Å². The van der Waals surface area contributed by atoms with Gasteiger partial charge in [-0.25, -0.2) is 9.97 Å². The normalized spacial score (nSPS) is 14.7. The summed E-state index contributed by atoms with van der Waals surface area (Å²) in [6.45, 7) is 0.895. The lowest BCUT2D eigenvalue weighted by molar-refractivity contribution is 0.288. The highest BCUT2D eigenvalue weighted by Crippen LogP contribution is 2.50. The third kappa shape index (κ3) is 4.79. The minimum absolute atomic E-state index is 0.0978. The fourth-order valence-corrected chi connectivity index (χ4v) is 7.56. The predicted octanol–water partition coefficient (Wildman–Crippen LogP) is 8.92. The van der Waals surface area contributed by atoms with E-state index in [0.29, 0.717) is 13.2 Å². The lowest BCUT2D eigenvalue weighted by Gasteiger charge is -2.32. The van der Waals surface area contributed by atoms with Crippen molar-refractivity contribution in [3.05, 3.63) is 118 Å². The number of ether oxygens (including phenoxy) is 2. The Balaban J connectivity index is 1.22. The number of thiazole rings is 2. The van der Waals surface area contributed by atoms with Crippen LogP contribution in [0.4, 0.5) is 0 Å². The molecule has 0 radical (unpaired) electrons. The van der Waals surface area contributed by atoms with Gasteiger partial charge in [-0.1, -0.05) is 67.4 Å². The molecule has 7 rings (SSSR count). The summed E-state index contributed by atoms with van der Waals surface area (Å²) in [7, 11) is 0. The fraction of sp³-hybridized carbons (Fsp3) is 0.212. The summed E-state index contributed by atoms with van der Waals surface area (Å²) in [4.78, 5) is 9.54. The molecule has 0 atom stereocenters. The summed E-state index contributed by atoms with van der Waals surface area (Å²) >= 11 is 3.38. The third-order valence-electron chi connectivity index (χ3n) is 7.64. The summed E-state index contributed by atoms with van der Waals surface area (Å²) in [5.41, 5.74) is 4.50. The van der Waals surface area contributed by atoms with E-state index in [2.05, 4.69) is 78.9 Å². The minimum atomic E-state index is -0.0978. The molecule has 4 aromatic carbocycles. The molecule has 0 saturated heterocycles. The van der Waals surface area contributed by atoms with Gasteiger partial charge >= 0.3 is 0 Å². The van der Waals surface area contributed by atoms with Gasteiger partial charge < -0.3 is 9.47 Å². The molecule has 6 heteroatoms. The summed E-state index contributed by atoms with van der Waals surface area (Å²) in [6, 6.07) is 33.7. The monoisotopic (exact) mass is 548 g/mol. The van der Waals surface area contributed by atoms with Crippen LogP contribution in [0.15, 0.2) is 97.1 Å². The van der Waals surface area contributed by atoms with E-state index >= 15 is 0 Å². The van der Waals surface area contributed by atoms with Crippen LogP contribution in [0.1, 0.15) is 46.8 Å². The van der Waals surface area contributed by atoms with Gasteiger partial charge in [0.15, 0.2) is 0 Å². The molecule has 2 heterocycles. The molecule has 0 amide bonds. The maximum atomic E-state index is 6.55. The molecule has 39 heavy (non-hydrogen) atoms. The number of aromatic nitrogens is 2. The van der Waals surface area contributed by atoms with Crippen LogP contribution in [0.3, 0.4) is 0 Å². The smallest absolute Gasteiger partial charge is 0.140 e. The molecule has 4 nitrogen and oxygen atoms in total. The highest BCUT2D eigenvalue weighted by molar-refractivity contribution is 7.18. The number of rotatable bonds is 8. The molecule has 1 aliphatic rings. The number of hydrogen-bond acceptors (Lipinski definition) is 6. The van der Waals surface area contributed by atoms with Gasteiger partial charge in [0, 0.05) is 11.0 Å². The first kappa shape index (κ1) is 24.3. The second-order valence-corrected chi connectivity index (χ2v) is 12.3. The summed E-state index contributed by atoms with van der Waals surface area (Å²) in [5, 5.41) is 1.96. The quantitative estimate of drug-likeness (QED) is 0.190. The Kier molecular flexibility index (Phi) is 6.51. The van der Waals surface area contributed by atoms with Crippen molar-refractivity contribution in [3.8, 4) is 11.5 Å². The predicted molar refractivity (Wildman–Crippen MR) is 160 cm³/mol. The molecule has 1 saturated carbocycles. The van der Waals surface area contributed by atoms with E-state index in [1.807, 2.05) is 18.2 Å². The number of para-hydroxylation sites is 2. The van der Waals surface area contributed by atoms with E-state index in [1.54, 1.807) is 22.7 Å². The Bertz CT molecular complexity index is 1670. The summed E-state index contributed by atoms with van der Waals surface area (Å²) in [5.74, 6) is 1.76. The molecule has 0 bridgehead atoms. The van der Waals surface area contributed by atoms with Gasteiger partial charge in [0.1, 0.15) is 34.7 Å². The van der Waals surface area contributed by atoms with Crippen LogP contribution in [-0.4, -0.2) is 9.97 Å². The van der Waals surface area contributed by atoms with Crippen LogP contribution in [0, 0.1) is 0 Å². The van der Waals surface area contributed by atoms with E-state index in [0.717, 1.165) is 45.4 Å². The molecule has 194 valence electrons. The fourth-order valence-electron chi connectivity index (χ4n) is 5.80. The second kappa shape index (κ2) is 10.4. The van der Waals surface area contributed by atoms with Gasteiger partial charge in [0.2, 0.25) is 0 Å². The molecule has 0 aliphatic heterocycles. The van der Waals surface area contributed by atoms with E-state index in [1.165, 1.54) is 33.4 Å². The standard InChI is InChI=1S/C33H28N2O2S2/c1-2-10-23(11-3-1)33(18-8-9-19-33)25-20-24(36-21-31-34-26-12-4-6-14-29(26)38-31)16-17-28(25)37-22-32-35-27-13-5-7-15-30(27)39-32/h1-7,10-17,20H,8-9,18-19,21-22H2. The van der Waals surface area contributed by atoms with E-state index in [4.69, 9.17) is 19.4 Å². The van der Waals surface area contributed by atoms with Crippen LogP contribution in [-0.2, 0) is 18.6 Å². The Hall–Kier alpha value is -3.74. The lowest BCUT2D eigenvalue weighted by Crippen LogP contribution is -2.24. The SMILES string of the molecule is c1ccc(C2(c3cc(OCc4nc5ccccc5s4)ccc3OCc3nc4ccccc4s3)CCCC2)cc1. The molecule has 0 spiro atoms. The van der Waals surface area contributed by atoms with Crippen molar-refractivity contribution in [2.24, 2.45) is 0 Å². The van der Waals surface area contributed by atoms with Gasteiger partial charge in [-0.3, -0.25) is 0 Å². The third-order valence-corrected chi connectivity index (χ3v) is 9.66. The zero-order valence-corrected chi connectivity index (χ0v) is 23.1. The number of nitrogens with zero attached hydrogens (tertiary/aromatic N) is 2. The number of benzene rings is 4. The van der Waals surface area contributed by atoms with Crippen LogP contribution in [0.2, 0.25) is 0 Å². The van der Waals surface area contributed by atoms with Gasteiger partial charge in [-0.2, -0.15) is 0 Å². The molecule has 6 aromatic rings. The maximum Gasteiger partial charge on any atom is 0.140 e. The Morgan fingerprint density at radius 2 is 1.23 bits per heavy atom. The average molecular weight is 549 g/mol. The maximum absolute atomic E-state index is 6.55. The number of fused-ring (bicyclic) bond motifs is 2. The first-order valence-electron chi connectivity index (χ1n) is 13.4. The van der Waals surface area contributed by atoms with Crippen LogP contribution < -0.4 is 9.47 Å². The van der Waals surface area contributed by atoms with Gasteiger partial charge in [0.25, 0.3) is 0 Å². The van der Waals surface area contributed by atoms with Crippen molar-refractivity contribution in [3.63, 3.8) is 0 Å². The summed E-state index contributed by atoms with van der Waals surface area (Å²) in [6.07, 6.45) is 4.58. The van der Waals surface area contributed by atoms with Gasteiger partial charge in [-0.05, 0) is 60.9 Å². The molecule has 1 aliphatic carbocycles. The van der Waals surface area contributed by atoms with Gasteiger partial charge in [0.05, 0.1) is 20.4 Å². The van der Waals surface area contributed by atoms with Crippen LogP contribution in [0.5, 0.6) is 11.5 Å². The topological polar surface area (TPSA) is 44.2 Å². The molecule has 0 N–H and O–H groups in total. The van der Waals surface area contributed by atoms with Crippen molar-refractivity contribution in [2.45, 2.75) is 44.3 Å². The van der Waals surface area contributed by atoms with Crippen molar-refractivity contribution in [1.82, 2.24) is 9.97 Å². The number of hydrogen-bond donors (Lipinski definition) is 0. The highest BCUT2D eigenvalue weighted by Gasteiger charge is 2.39. The van der Waals surface area contributed by atoms with Crippen molar-refractivity contribution in [2.75, 3.05) is 0 Å². The summed E-state index contributed by atoms with van der Waals surface area (Å²) < 4.78 is 15.3. The van der Waals surface area contributed by atoms with Crippen molar-refractivity contribution in [1.29, 1.82) is 0 Å². The van der Waals surface area contributed by atoms with Gasteiger partial charge in [-0.15, -0.1) is 22.7 Å². The molecule has 1 fully saturated rings. The Morgan fingerprint density at radius 3 is 1.87 bits per heavy atom. The molecular weight excluding hydrogens is 521 g/mol. The lowest BCUT2D eigenvalue weighted by atomic mass is 9.72. The zero-order chi connectivity index (χ0) is 26.1. The Labute approximate surface area is 235 Å². The van der Waals surface area contributed by atoms with E-state index < -0.39 is 0 Å². The largest absolute Gasteiger partial charge is 0.486 e. The van der Waals surface area contributed by atoms with Crippen LogP contribution in [0.25, 0.3) is 20.4 Å². The van der Waals surface area contributed by atoms with E-state index in [-0.39, 0.29) is 5.41 Å². The first-order valence-corrected chi connectivity index (χ1v) is 15.0. The van der Waals surface area contributed by atoms with Crippen LogP contribution >= 0.6 is 22.7 Å². The highest BCUT2D eigenvalue weighted by atomic mass is 32.1. The van der Waals surface area contributed by atoms with Crippen molar-refractivity contribution < 1.29 is 9.47 Å². The minimum Gasteiger partial charge on any atom is -0.486 e. The molecular formula is C33H28N2O2S2. The zero-order valence-electron chi connectivity index (χ0n) is 21.5. The van der Waals surface area contributed by atoms with Crippen molar-refractivity contribution >= 4 is 43.1 Å². The second-order valence-electron chi connectivity index (χ2n) is 10.0.